The van der Waals surface area contributed by atoms with Gasteiger partial charge in [0.25, 0.3) is 0 Å². The van der Waals surface area contributed by atoms with Gasteiger partial charge in [0.05, 0.1) is 0 Å². The molecule has 0 saturated heterocycles. The van der Waals surface area contributed by atoms with Crippen LogP contribution in [-0.4, -0.2) is 17.4 Å². The molecule has 1 amide bonds. The first-order chi connectivity index (χ1) is 7.58. The summed E-state index contributed by atoms with van der Waals surface area (Å²) in [6.45, 7) is 4.93. The maximum Gasteiger partial charge on any atom is 0.219 e. The molecule has 0 aromatic carbocycles. The lowest BCUT2D eigenvalue weighted by atomic mass is 9.89. The average molecular weight is 221 g/mol. The van der Waals surface area contributed by atoms with E-state index in [0.717, 1.165) is 18.5 Å². The van der Waals surface area contributed by atoms with E-state index in [1.54, 1.807) is 12.4 Å². The molecule has 0 aliphatic heterocycles. The zero-order chi connectivity index (χ0) is 12.0. The van der Waals surface area contributed by atoms with Crippen LogP contribution in [0.15, 0.2) is 24.5 Å². The van der Waals surface area contributed by atoms with Crippen molar-refractivity contribution in [2.75, 3.05) is 6.54 Å². The number of rotatable bonds is 6. The summed E-state index contributed by atoms with van der Waals surface area (Å²) in [6, 6.07) is 3.82. The Morgan fingerprint density at radius 3 is 2.62 bits per heavy atom. The van der Waals surface area contributed by atoms with Crippen LogP contribution in [-0.2, 0) is 10.3 Å². The van der Waals surface area contributed by atoms with Crippen molar-refractivity contribution in [3.05, 3.63) is 30.1 Å². The van der Waals surface area contributed by atoms with Gasteiger partial charge in [-0.05, 0) is 37.6 Å². The second-order valence-corrected chi connectivity index (χ2v) is 4.14. The van der Waals surface area contributed by atoms with Crippen LogP contribution < -0.4 is 11.1 Å². The minimum Gasteiger partial charge on any atom is -0.370 e. The topological polar surface area (TPSA) is 68.0 Å². The van der Waals surface area contributed by atoms with Gasteiger partial charge >= 0.3 is 0 Å². The molecule has 1 aromatic rings. The summed E-state index contributed by atoms with van der Waals surface area (Å²) in [5.41, 5.74) is 5.93. The molecule has 1 heterocycles. The number of primary amides is 1. The Hall–Kier alpha value is -1.42. The van der Waals surface area contributed by atoms with Gasteiger partial charge in [0.15, 0.2) is 0 Å². The molecular weight excluding hydrogens is 202 g/mol. The Morgan fingerprint density at radius 2 is 2.12 bits per heavy atom. The third-order valence-corrected chi connectivity index (χ3v) is 2.61. The van der Waals surface area contributed by atoms with Gasteiger partial charge in [0, 0.05) is 24.4 Å². The van der Waals surface area contributed by atoms with Crippen molar-refractivity contribution in [1.82, 2.24) is 10.3 Å². The minimum atomic E-state index is -0.398. The molecular formula is C12H19N3O. The van der Waals surface area contributed by atoms with Crippen molar-refractivity contribution < 1.29 is 4.79 Å². The summed E-state index contributed by atoms with van der Waals surface area (Å²) in [6.07, 6.45) is 4.75. The number of carbonyl (C=O) groups is 1. The van der Waals surface area contributed by atoms with Crippen LogP contribution in [0.5, 0.6) is 0 Å². The number of hydrogen-bond acceptors (Lipinski definition) is 3. The molecule has 3 N–H and O–H groups in total. The van der Waals surface area contributed by atoms with Gasteiger partial charge in [0.1, 0.15) is 0 Å². The van der Waals surface area contributed by atoms with E-state index in [-0.39, 0.29) is 12.3 Å². The van der Waals surface area contributed by atoms with E-state index in [2.05, 4.69) is 17.2 Å². The van der Waals surface area contributed by atoms with Crippen molar-refractivity contribution in [1.29, 1.82) is 0 Å². The fraction of sp³-hybridized carbons (Fsp3) is 0.500. The van der Waals surface area contributed by atoms with Crippen LogP contribution in [0.4, 0.5) is 0 Å². The van der Waals surface area contributed by atoms with Crippen LogP contribution in [0.25, 0.3) is 0 Å². The molecule has 0 aliphatic carbocycles. The zero-order valence-corrected chi connectivity index (χ0v) is 9.86. The number of hydrogen-bond donors (Lipinski definition) is 2. The second kappa shape index (κ2) is 5.61. The first-order valence-electron chi connectivity index (χ1n) is 5.52. The highest BCUT2D eigenvalue weighted by atomic mass is 16.1. The Bertz CT molecular complexity index is 339. The number of nitrogens with zero attached hydrogens (tertiary/aromatic N) is 1. The normalized spacial score (nSPS) is 14.4. The minimum absolute atomic E-state index is 0.289. The molecule has 4 heteroatoms. The summed E-state index contributed by atoms with van der Waals surface area (Å²) >= 11 is 0. The van der Waals surface area contributed by atoms with Crippen molar-refractivity contribution in [3.63, 3.8) is 0 Å². The lowest BCUT2D eigenvalue weighted by Gasteiger charge is -2.30. The summed E-state index contributed by atoms with van der Waals surface area (Å²) in [5, 5.41) is 3.36. The van der Waals surface area contributed by atoms with Gasteiger partial charge in [-0.25, -0.2) is 0 Å². The highest BCUT2D eigenvalue weighted by Gasteiger charge is 2.27. The van der Waals surface area contributed by atoms with Crippen LogP contribution in [0.3, 0.4) is 0 Å². The molecule has 0 bridgehead atoms. The summed E-state index contributed by atoms with van der Waals surface area (Å²) in [4.78, 5) is 15.1. The number of nitrogens with two attached hydrogens (primary N) is 1. The molecule has 88 valence electrons. The monoisotopic (exact) mass is 221 g/mol. The number of aromatic nitrogens is 1. The SMILES string of the molecule is CCCNC(C)(CC(N)=O)c1ccncc1. The first-order valence-corrected chi connectivity index (χ1v) is 5.52. The molecule has 0 aliphatic rings. The third kappa shape index (κ3) is 3.31. The third-order valence-electron chi connectivity index (χ3n) is 2.61. The molecule has 0 spiro atoms. The first kappa shape index (κ1) is 12.6. The van der Waals surface area contributed by atoms with Crippen molar-refractivity contribution in [2.45, 2.75) is 32.2 Å². The molecule has 0 radical (unpaired) electrons. The lowest BCUT2D eigenvalue weighted by molar-refractivity contribution is -0.119. The molecule has 4 nitrogen and oxygen atoms in total. The summed E-state index contributed by atoms with van der Waals surface area (Å²) in [5.74, 6) is -0.303. The molecule has 0 fully saturated rings. The number of nitrogens with one attached hydrogen (secondary N) is 1. The highest BCUT2D eigenvalue weighted by molar-refractivity contribution is 5.75. The Kier molecular flexibility index (Phi) is 4.43. The standard InChI is InChI=1S/C12H19N3O/c1-3-6-15-12(2,9-11(13)16)10-4-7-14-8-5-10/h4-5,7-8,15H,3,6,9H2,1-2H3,(H2,13,16). The fourth-order valence-corrected chi connectivity index (χ4v) is 1.74. The maximum absolute atomic E-state index is 11.1. The molecule has 16 heavy (non-hydrogen) atoms. The average Bonchev–Trinajstić information content (AvgIpc) is 2.27. The van der Waals surface area contributed by atoms with Crippen LogP contribution >= 0.6 is 0 Å². The number of carbonyl (C=O) groups excluding carboxylic acids is 1. The highest BCUT2D eigenvalue weighted by Crippen LogP contribution is 2.23. The molecule has 1 atom stereocenters. The van der Waals surface area contributed by atoms with Crippen LogP contribution in [0.2, 0.25) is 0 Å². The summed E-state index contributed by atoms with van der Waals surface area (Å²) < 4.78 is 0. The van der Waals surface area contributed by atoms with Gasteiger partial charge in [0.2, 0.25) is 5.91 Å². The van der Waals surface area contributed by atoms with E-state index < -0.39 is 5.54 Å². The number of amides is 1. The predicted molar refractivity (Wildman–Crippen MR) is 63.7 cm³/mol. The largest absolute Gasteiger partial charge is 0.370 e. The maximum atomic E-state index is 11.1. The van der Waals surface area contributed by atoms with Crippen LogP contribution in [0.1, 0.15) is 32.3 Å². The van der Waals surface area contributed by atoms with E-state index in [4.69, 9.17) is 5.73 Å². The van der Waals surface area contributed by atoms with Crippen LogP contribution in [0, 0.1) is 0 Å². The van der Waals surface area contributed by atoms with Gasteiger partial charge in [-0.2, -0.15) is 0 Å². The number of pyridine rings is 1. The van der Waals surface area contributed by atoms with Crippen molar-refractivity contribution in [3.8, 4) is 0 Å². The zero-order valence-electron chi connectivity index (χ0n) is 9.86. The quantitative estimate of drug-likeness (QED) is 0.757. The van der Waals surface area contributed by atoms with Gasteiger partial charge in [-0.3, -0.25) is 9.78 Å². The van der Waals surface area contributed by atoms with Gasteiger partial charge < -0.3 is 11.1 Å². The second-order valence-electron chi connectivity index (χ2n) is 4.14. The smallest absolute Gasteiger partial charge is 0.219 e. The fourth-order valence-electron chi connectivity index (χ4n) is 1.74. The van der Waals surface area contributed by atoms with Gasteiger partial charge in [-0.1, -0.05) is 6.92 Å². The van der Waals surface area contributed by atoms with E-state index in [1.807, 2.05) is 19.1 Å². The van der Waals surface area contributed by atoms with Crippen molar-refractivity contribution >= 4 is 5.91 Å². The Labute approximate surface area is 96.3 Å². The van der Waals surface area contributed by atoms with E-state index in [9.17, 15) is 4.79 Å². The molecule has 1 rings (SSSR count). The van der Waals surface area contributed by atoms with Crippen molar-refractivity contribution in [2.24, 2.45) is 5.73 Å². The van der Waals surface area contributed by atoms with E-state index in [0.29, 0.717) is 0 Å². The Balaban J connectivity index is 2.90. The lowest BCUT2D eigenvalue weighted by Crippen LogP contribution is -2.43. The van der Waals surface area contributed by atoms with Gasteiger partial charge in [-0.15, -0.1) is 0 Å². The molecule has 0 saturated carbocycles. The van der Waals surface area contributed by atoms with E-state index >= 15 is 0 Å². The predicted octanol–water partition coefficient (Wildman–Crippen LogP) is 1.17. The summed E-state index contributed by atoms with van der Waals surface area (Å²) in [7, 11) is 0. The Morgan fingerprint density at radius 1 is 1.50 bits per heavy atom. The molecule has 1 aromatic heterocycles. The van der Waals surface area contributed by atoms with E-state index in [1.165, 1.54) is 0 Å². The molecule has 1 unspecified atom stereocenters.